The van der Waals surface area contributed by atoms with E-state index in [1.807, 2.05) is 24.3 Å². The summed E-state index contributed by atoms with van der Waals surface area (Å²) in [7, 11) is 1.62. The first-order chi connectivity index (χ1) is 8.20. The number of nitrogens with one attached hydrogen (secondary N) is 1. The molecule has 0 atom stereocenters. The molecule has 0 aliphatic heterocycles. The summed E-state index contributed by atoms with van der Waals surface area (Å²) in [5.41, 5.74) is 7.40. The summed E-state index contributed by atoms with van der Waals surface area (Å²) < 4.78 is 6.31. The first-order valence-corrected chi connectivity index (χ1v) is 6.77. The standard InChI is InChI=1S/C12H13BrN2OS/c1-16-11-6-8(2-3-10(11)14)15-7-12-9(13)4-5-17-12/h2-6,15H,7,14H2,1H3. The summed E-state index contributed by atoms with van der Waals surface area (Å²) in [4.78, 5) is 1.26. The maximum Gasteiger partial charge on any atom is 0.143 e. The number of hydrogen-bond acceptors (Lipinski definition) is 4. The van der Waals surface area contributed by atoms with Gasteiger partial charge in [-0.05, 0) is 39.5 Å². The minimum atomic E-state index is 0.648. The molecule has 1 heterocycles. The fourth-order valence-electron chi connectivity index (χ4n) is 1.45. The van der Waals surface area contributed by atoms with Gasteiger partial charge >= 0.3 is 0 Å². The highest BCUT2D eigenvalue weighted by atomic mass is 79.9. The van der Waals surface area contributed by atoms with Crippen molar-refractivity contribution in [1.82, 2.24) is 0 Å². The number of anilines is 2. The molecule has 0 spiro atoms. The smallest absolute Gasteiger partial charge is 0.143 e. The van der Waals surface area contributed by atoms with Gasteiger partial charge in [0.15, 0.2) is 0 Å². The molecule has 1 aromatic heterocycles. The first kappa shape index (κ1) is 12.3. The summed E-state index contributed by atoms with van der Waals surface area (Å²) in [5, 5.41) is 5.39. The molecule has 0 saturated carbocycles. The van der Waals surface area contributed by atoms with Crippen molar-refractivity contribution in [1.29, 1.82) is 0 Å². The van der Waals surface area contributed by atoms with Gasteiger partial charge < -0.3 is 15.8 Å². The van der Waals surface area contributed by atoms with Crippen molar-refractivity contribution in [3.63, 3.8) is 0 Å². The molecular weight excluding hydrogens is 300 g/mol. The predicted octanol–water partition coefficient (Wildman–Crippen LogP) is 3.71. The van der Waals surface area contributed by atoms with E-state index in [1.165, 1.54) is 4.88 Å². The number of methoxy groups -OCH3 is 1. The molecule has 0 aliphatic carbocycles. The zero-order valence-corrected chi connectivity index (χ0v) is 11.8. The molecule has 2 aromatic rings. The van der Waals surface area contributed by atoms with Crippen molar-refractivity contribution < 1.29 is 4.74 Å². The second kappa shape index (κ2) is 5.42. The summed E-state index contributed by atoms with van der Waals surface area (Å²) in [6.45, 7) is 0.783. The molecular formula is C12H13BrN2OS. The van der Waals surface area contributed by atoms with Crippen LogP contribution >= 0.6 is 27.3 Å². The maximum absolute atomic E-state index is 5.76. The van der Waals surface area contributed by atoms with E-state index in [4.69, 9.17) is 10.5 Å². The van der Waals surface area contributed by atoms with Crippen molar-refractivity contribution in [2.24, 2.45) is 0 Å². The van der Waals surface area contributed by atoms with Crippen molar-refractivity contribution in [2.75, 3.05) is 18.2 Å². The van der Waals surface area contributed by atoms with Gasteiger partial charge in [0.25, 0.3) is 0 Å². The SMILES string of the molecule is COc1cc(NCc2sccc2Br)ccc1N. The number of thiophene rings is 1. The predicted molar refractivity (Wildman–Crippen MR) is 76.8 cm³/mol. The summed E-state index contributed by atoms with van der Waals surface area (Å²) in [6, 6.07) is 7.73. The van der Waals surface area contributed by atoms with Crippen LogP contribution in [0.3, 0.4) is 0 Å². The molecule has 90 valence electrons. The summed E-state index contributed by atoms with van der Waals surface area (Å²) >= 11 is 5.22. The van der Waals surface area contributed by atoms with Crippen LogP contribution in [0.1, 0.15) is 4.88 Å². The zero-order valence-electron chi connectivity index (χ0n) is 9.37. The van der Waals surface area contributed by atoms with Gasteiger partial charge in [-0.15, -0.1) is 11.3 Å². The van der Waals surface area contributed by atoms with Gasteiger partial charge in [-0.3, -0.25) is 0 Å². The van der Waals surface area contributed by atoms with Crippen molar-refractivity contribution in [2.45, 2.75) is 6.54 Å². The molecule has 2 rings (SSSR count). The lowest BCUT2D eigenvalue weighted by Crippen LogP contribution is -1.99. The minimum Gasteiger partial charge on any atom is -0.495 e. The van der Waals surface area contributed by atoms with Gasteiger partial charge in [-0.2, -0.15) is 0 Å². The Morgan fingerprint density at radius 3 is 2.88 bits per heavy atom. The molecule has 0 amide bonds. The fourth-order valence-corrected chi connectivity index (χ4v) is 2.89. The Morgan fingerprint density at radius 2 is 2.24 bits per heavy atom. The van der Waals surface area contributed by atoms with Crippen molar-refractivity contribution in [3.8, 4) is 5.75 Å². The largest absolute Gasteiger partial charge is 0.495 e. The van der Waals surface area contributed by atoms with Crippen LogP contribution in [0.2, 0.25) is 0 Å². The second-order valence-electron chi connectivity index (χ2n) is 3.50. The third-order valence-corrected chi connectivity index (χ3v) is 4.30. The number of nitrogens with two attached hydrogens (primary N) is 1. The summed E-state index contributed by atoms with van der Waals surface area (Å²) in [5.74, 6) is 0.695. The van der Waals surface area contributed by atoms with E-state index in [0.717, 1.165) is 16.7 Å². The Morgan fingerprint density at radius 1 is 1.41 bits per heavy atom. The van der Waals surface area contributed by atoms with Crippen LogP contribution in [-0.2, 0) is 6.54 Å². The number of nitrogen functional groups attached to an aromatic ring is 1. The lowest BCUT2D eigenvalue weighted by molar-refractivity contribution is 0.417. The zero-order chi connectivity index (χ0) is 12.3. The molecule has 0 bridgehead atoms. The van der Waals surface area contributed by atoms with E-state index >= 15 is 0 Å². The lowest BCUT2D eigenvalue weighted by Gasteiger charge is -2.09. The van der Waals surface area contributed by atoms with Gasteiger partial charge in [-0.1, -0.05) is 0 Å². The molecule has 0 saturated heterocycles. The van der Waals surface area contributed by atoms with E-state index in [1.54, 1.807) is 18.4 Å². The highest BCUT2D eigenvalue weighted by Crippen LogP contribution is 2.27. The van der Waals surface area contributed by atoms with Crippen LogP contribution in [0.15, 0.2) is 34.1 Å². The Balaban J connectivity index is 2.07. The Kier molecular flexibility index (Phi) is 3.91. The molecule has 0 radical (unpaired) electrons. The van der Waals surface area contributed by atoms with E-state index in [-0.39, 0.29) is 0 Å². The van der Waals surface area contributed by atoms with E-state index in [9.17, 15) is 0 Å². The van der Waals surface area contributed by atoms with E-state index < -0.39 is 0 Å². The number of halogens is 1. The van der Waals surface area contributed by atoms with Crippen LogP contribution in [0.4, 0.5) is 11.4 Å². The van der Waals surface area contributed by atoms with E-state index in [2.05, 4.69) is 26.6 Å². The second-order valence-corrected chi connectivity index (χ2v) is 5.36. The summed E-state index contributed by atoms with van der Waals surface area (Å²) in [6.07, 6.45) is 0. The number of hydrogen-bond donors (Lipinski definition) is 2. The molecule has 3 N–H and O–H groups in total. The minimum absolute atomic E-state index is 0.648. The van der Waals surface area contributed by atoms with Crippen LogP contribution in [0.25, 0.3) is 0 Å². The molecule has 5 heteroatoms. The number of rotatable bonds is 4. The molecule has 0 unspecified atom stereocenters. The molecule has 1 aromatic carbocycles. The van der Waals surface area contributed by atoms with E-state index in [0.29, 0.717) is 11.4 Å². The lowest BCUT2D eigenvalue weighted by atomic mass is 10.2. The monoisotopic (exact) mass is 312 g/mol. The molecule has 0 fully saturated rings. The highest BCUT2D eigenvalue weighted by molar-refractivity contribution is 9.10. The van der Waals surface area contributed by atoms with Gasteiger partial charge in [0.05, 0.1) is 19.3 Å². The molecule has 17 heavy (non-hydrogen) atoms. The average Bonchev–Trinajstić information content (AvgIpc) is 2.74. The van der Waals surface area contributed by atoms with Gasteiger partial charge in [0, 0.05) is 21.1 Å². The average molecular weight is 313 g/mol. The normalized spacial score (nSPS) is 10.2. The quantitative estimate of drug-likeness (QED) is 0.846. The molecule has 0 aliphatic rings. The highest BCUT2D eigenvalue weighted by Gasteiger charge is 2.03. The van der Waals surface area contributed by atoms with Crippen LogP contribution in [0.5, 0.6) is 5.75 Å². The van der Waals surface area contributed by atoms with Gasteiger partial charge in [-0.25, -0.2) is 0 Å². The molecule has 3 nitrogen and oxygen atoms in total. The Hall–Kier alpha value is -1.20. The van der Waals surface area contributed by atoms with Crippen LogP contribution < -0.4 is 15.8 Å². The Bertz CT molecular complexity index is 513. The first-order valence-electron chi connectivity index (χ1n) is 5.10. The third-order valence-electron chi connectivity index (χ3n) is 2.38. The third kappa shape index (κ3) is 2.92. The van der Waals surface area contributed by atoms with Crippen LogP contribution in [-0.4, -0.2) is 7.11 Å². The van der Waals surface area contributed by atoms with Gasteiger partial charge in [0.2, 0.25) is 0 Å². The fraction of sp³-hybridized carbons (Fsp3) is 0.167. The topological polar surface area (TPSA) is 47.3 Å². The van der Waals surface area contributed by atoms with Crippen LogP contribution in [0, 0.1) is 0 Å². The Labute approximate surface area is 113 Å². The maximum atomic E-state index is 5.76. The number of benzene rings is 1. The van der Waals surface area contributed by atoms with Crippen molar-refractivity contribution >= 4 is 38.6 Å². The number of ether oxygens (including phenoxy) is 1. The van der Waals surface area contributed by atoms with Crippen molar-refractivity contribution in [3.05, 3.63) is 39.0 Å². The van der Waals surface area contributed by atoms with Gasteiger partial charge in [0.1, 0.15) is 5.75 Å².